The van der Waals surface area contributed by atoms with Gasteiger partial charge in [-0.3, -0.25) is 9.48 Å². The highest BCUT2D eigenvalue weighted by atomic mass is 127. The minimum absolute atomic E-state index is 0.165. The summed E-state index contributed by atoms with van der Waals surface area (Å²) in [5.41, 5.74) is 1.70. The van der Waals surface area contributed by atoms with Gasteiger partial charge >= 0.3 is 0 Å². The number of hydrogen-bond donors (Lipinski definition) is 0. The normalized spacial score (nSPS) is 16.4. The SMILES string of the molecule is O=C(Cc1ccn(C2CCCCC2)n1)c1csc(I)c1. The molecule has 2 aromatic rings. The van der Waals surface area contributed by atoms with Gasteiger partial charge in [0.2, 0.25) is 0 Å². The van der Waals surface area contributed by atoms with Crippen LogP contribution in [0.15, 0.2) is 23.7 Å². The molecule has 2 aromatic heterocycles. The smallest absolute Gasteiger partial charge is 0.169 e. The second-order valence-electron chi connectivity index (χ2n) is 5.32. The monoisotopic (exact) mass is 400 g/mol. The summed E-state index contributed by atoms with van der Waals surface area (Å²) >= 11 is 3.86. The van der Waals surface area contributed by atoms with Crippen LogP contribution in [-0.4, -0.2) is 15.6 Å². The average molecular weight is 400 g/mol. The average Bonchev–Trinajstić information content (AvgIpc) is 3.09. The van der Waals surface area contributed by atoms with Crippen molar-refractivity contribution in [3.8, 4) is 0 Å². The number of hydrogen-bond acceptors (Lipinski definition) is 3. The van der Waals surface area contributed by atoms with Crippen LogP contribution in [0.5, 0.6) is 0 Å². The summed E-state index contributed by atoms with van der Waals surface area (Å²) in [4.78, 5) is 12.2. The molecule has 3 nitrogen and oxygen atoms in total. The first-order chi connectivity index (χ1) is 9.72. The number of rotatable bonds is 4. The molecule has 0 bridgehead atoms. The van der Waals surface area contributed by atoms with E-state index in [0.29, 0.717) is 12.5 Å². The van der Waals surface area contributed by atoms with Crippen LogP contribution in [0.4, 0.5) is 0 Å². The second kappa shape index (κ2) is 6.39. The van der Waals surface area contributed by atoms with E-state index >= 15 is 0 Å². The van der Waals surface area contributed by atoms with Crippen molar-refractivity contribution < 1.29 is 4.79 Å². The Morgan fingerprint density at radius 2 is 2.20 bits per heavy atom. The Balaban J connectivity index is 1.66. The molecule has 0 N–H and O–H groups in total. The third-order valence-electron chi connectivity index (χ3n) is 3.84. The van der Waals surface area contributed by atoms with Gasteiger partial charge in [0.15, 0.2) is 5.78 Å². The zero-order chi connectivity index (χ0) is 13.9. The van der Waals surface area contributed by atoms with Gasteiger partial charge in [-0.1, -0.05) is 19.3 Å². The summed E-state index contributed by atoms with van der Waals surface area (Å²) in [6, 6.07) is 4.48. The van der Waals surface area contributed by atoms with Gasteiger partial charge in [-0.15, -0.1) is 11.3 Å². The predicted molar refractivity (Wildman–Crippen MR) is 89.4 cm³/mol. The number of aromatic nitrogens is 2. The van der Waals surface area contributed by atoms with E-state index in [1.165, 1.54) is 32.1 Å². The van der Waals surface area contributed by atoms with E-state index in [-0.39, 0.29) is 5.78 Å². The summed E-state index contributed by atoms with van der Waals surface area (Å²) < 4.78 is 3.22. The first-order valence-corrected chi connectivity index (χ1v) is 8.99. The zero-order valence-corrected chi connectivity index (χ0v) is 14.2. The van der Waals surface area contributed by atoms with E-state index in [1.807, 2.05) is 23.7 Å². The van der Waals surface area contributed by atoms with Crippen LogP contribution in [-0.2, 0) is 6.42 Å². The molecule has 0 spiro atoms. The van der Waals surface area contributed by atoms with Gasteiger partial charge in [0.1, 0.15) is 0 Å². The lowest BCUT2D eigenvalue weighted by molar-refractivity contribution is 0.0992. The molecular formula is C15H17IN2OS. The number of thiophene rings is 1. The van der Waals surface area contributed by atoms with Crippen LogP contribution < -0.4 is 0 Å². The van der Waals surface area contributed by atoms with Gasteiger partial charge in [-0.25, -0.2) is 0 Å². The van der Waals surface area contributed by atoms with Crippen molar-refractivity contribution in [3.05, 3.63) is 37.9 Å². The highest BCUT2D eigenvalue weighted by Crippen LogP contribution is 2.27. The Morgan fingerprint density at radius 3 is 2.90 bits per heavy atom. The third kappa shape index (κ3) is 3.31. The fourth-order valence-corrected chi connectivity index (χ4v) is 4.09. The van der Waals surface area contributed by atoms with Crippen molar-refractivity contribution in [3.63, 3.8) is 0 Å². The van der Waals surface area contributed by atoms with E-state index in [9.17, 15) is 4.79 Å². The number of carbonyl (C=O) groups is 1. The second-order valence-corrected chi connectivity index (χ2v) is 8.12. The molecule has 0 atom stereocenters. The van der Waals surface area contributed by atoms with Gasteiger partial charge in [-0.05, 0) is 47.6 Å². The number of nitrogens with zero attached hydrogens (tertiary/aromatic N) is 2. The molecule has 1 saturated carbocycles. The van der Waals surface area contributed by atoms with Gasteiger partial charge in [0, 0.05) is 17.1 Å². The molecule has 106 valence electrons. The van der Waals surface area contributed by atoms with Gasteiger partial charge < -0.3 is 0 Å². The molecule has 20 heavy (non-hydrogen) atoms. The highest BCUT2D eigenvalue weighted by molar-refractivity contribution is 14.1. The molecule has 1 aliphatic carbocycles. The lowest BCUT2D eigenvalue weighted by atomic mass is 9.96. The Bertz CT molecular complexity index is 599. The molecule has 0 aromatic carbocycles. The molecule has 0 aliphatic heterocycles. The molecule has 3 rings (SSSR count). The first kappa shape index (κ1) is 14.3. The molecule has 0 radical (unpaired) electrons. The van der Waals surface area contributed by atoms with Crippen LogP contribution in [0.3, 0.4) is 0 Å². The van der Waals surface area contributed by atoms with E-state index in [4.69, 9.17) is 0 Å². The predicted octanol–water partition coefficient (Wildman–Crippen LogP) is 4.48. The Morgan fingerprint density at radius 1 is 1.40 bits per heavy atom. The van der Waals surface area contributed by atoms with Crippen LogP contribution >= 0.6 is 33.9 Å². The van der Waals surface area contributed by atoms with Crippen molar-refractivity contribution in [2.75, 3.05) is 0 Å². The summed E-state index contributed by atoms with van der Waals surface area (Å²) in [7, 11) is 0. The molecule has 1 fully saturated rings. The highest BCUT2D eigenvalue weighted by Gasteiger charge is 2.17. The van der Waals surface area contributed by atoms with Crippen LogP contribution in [0, 0.1) is 2.88 Å². The molecular weight excluding hydrogens is 383 g/mol. The quantitative estimate of drug-likeness (QED) is 0.560. The molecule has 0 unspecified atom stereocenters. The lowest BCUT2D eigenvalue weighted by Crippen LogP contribution is -2.14. The molecule has 0 saturated heterocycles. The Labute approximate surface area is 136 Å². The van der Waals surface area contributed by atoms with Gasteiger partial charge in [0.25, 0.3) is 0 Å². The summed E-state index contributed by atoms with van der Waals surface area (Å²) in [5, 5.41) is 6.54. The van der Waals surface area contributed by atoms with E-state index in [0.717, 1.165) is 14.1 Å². The van der Waals surface area contributed by atoms with Gasteiger partial charge in [-0.2, -0.15) is 5.10 Å². The zero-order valence-electron chi connectivity index (χ0n) is 11.2. The number of carbonyl (C=O) groups excluding carboxylic acids is 1. The standard InChI is InChI=1S/C15H17IN2OS/c16-15-8-11(10-20-15)14(19)9-12-6-7-18(17-12)13-4-2-1-3-5-13/h6-8,10,13H,1-5,9H2. The van der Waals surface area contributed by atoms with Crippen LogP contribution in [0.25, 0.3) is 0 Å². The summed E-state index contributed by atoms with van der Waals surface area (Å²) in [6.45, 7) is 0. The largest absolute Gasteiger partial charge is 0.294 e. The molecule has 0 amide bonds. The number of Topliss-reactive ketones (excluding diaryl/α,β-unsaturated/α-hetero) is 1. The molecule has 1 aliphatic rings. The first-order valence-electron chi connectivity index (χ1n) is 7.03. The maximum atomic E-state index is 12.2. The van der Waals surface area contributed by atoms with E-state index in [1.54, 1.807) is 11.3 Å². The Hall–Kier alpha value is -0.690. The van der Waals surface area contributed by atoms with Crippen molar-refractivity contribution in [2.45, 2.75) is 44.6 Å². The summed E-state index contributed by atoms with van der Waals surface area (Å²) in [5.74, 6) is 0.165. The van der Waals surface area contributed by atoms with E-state index < -0.39 is 0 Å². The number of ketones is 1. The minimum Gasteiger partial charge on any atom is -0.294 e. The number of halogens is 1. The van der Waals surface area contributed by atoms with Crippen LogP contribution in [0.1, 0.15) is 54.2 Å². The Kier molecular flexibility index (Phi) is 4.55. The summed E-state index contributed by atoms with van der Waals surface area (Å²) in [6.07, 6.45) is 8.83. The van der Waals surface area contributed by atoms with Crippen molar-refractivity contribution in [2.24, 2.45) is 0 Å². The maximum absolute atomic E-state index is 12.2. The fourth-order valence-electron chi connectivity index (χ4n) is 2.74. The maximum Gasteiger partial charge on any atom is 0.169 e. The molecule has 2 heterocycles. The molecule has 5 heteroatoms. The van der Waals surface area contributed by atoms with Gasteiger partial charge in [0.05, 0.1) is 21.0 Å². The topological polar surface area (TPSA) is 34.9 Å². The van der Waals surface area contributed by atoms with Crippen molar-refractivity contribution in [1.82, 2.24) is 9.78 Å². The van der Waals surface area contributed by atoms with E-state index in [2.05, 4.69) is 32.4 Å². The fraction of sp³-hybridized carbons (Fsp3) is 0.467. The van der Waals surface area contributed by atoms with Crippen molar-refractivity contribution >= 4 is 39.7 Å². The van der Waals surface area contributed by atoms with Crippen LogP contribution in [0.2, 0.25) is 0 Å². The van der Waals surface area contributed by atoms with Crippen molar-refractivity contribution in [1.29, 1.82) is 0 Å². The third-order valence-corrected chi connectivity index (χ3v) is 5.63. The minimum atomic E-state index is 0.165. The lowest BCUT2D eigenvalue weighted by Gasteiger charge is -2.21.